The second-order valence-electron chi connectivity index (χ2n) is 2.74. The number of hydrogen-bond acceptors (Lipinski definition) is 4. The van der Waals surface area contributed by atoms with Crippen LogP contribution in [0.25, 0.3) is 0 Å². The van der Waals surface area contributed by atoms with Gasteiger partial charge in [0.1, 0.15) is 17.0 Å². The van der Waals surface area contributed by atoms with Crippen LogP contribution in [0.1, 0.15) is 29.4 Å². The van der Waals surface area contributed by atoms with Crippen molar-refractivity contribution in [2.75, 3.05) is 6.61 Å². The summed E-state index contributed by atoms with van der Waals surface area (Å²) in [5.74, 6) is -1.24. The van der Waals surface area contributed by atoms with E-state index in [4.69, 9.17) is 0 Å². The summed E-state index contributed by atoms with van der Waals surface area (Å²) in [4.78, 5) is 14.8. The van der Waals surface area contributed by atoms with Crippen LogP contribution in [-0.4, -0.2) is 22.7 Å². The van der Waals surface area contributed by atoms with Crippen LogP contribution in [0, 0.1) is 3.57 Å². The van der Waals surface area contributed by atoms with Crippen molar-refractivity contribution in [3.63, 3.8) is 0 Å². The van der Waals surface area contributed by atoms with Gasteiger partial charge in [0, 0.05) is 0 Å². The molecule has 0 fully saturated rings. The van der Waals surface area contributed by atoms with E-state index < -0.39 is 18.1 Å². The lowest BCUT2D eigenvalue weighted by Crippen LogP contribution is -2.12. The van der Waals surface area contributed by atoms with Gasteiger partial charge < -0.3 is 9.84 Å². The van der Waals surface area contributed by atoms with Gasteiger partial charge in [-0.3, -0.25) is 4.98 Å². The first kappa shape index (κ1) is 13.1. The highest BCUT2D eigenvalue weighted by atomic mass is 127. The molecular weight excluding hydrogens is 335 g/mol. The van der Waals surface area contributed by atoms with Crippen LogP contribution in [-0.2, 0) is 4.74 Å². The molecule has 0 aliphatic carbocycles. The van der Waals surface area contributed by atoms with E-state index in [9.17, 15) is 18.7 Å². The standard InChI is InChI=1S/C9H8F2INO3/c1-2-16-9(15)5-6(12)4(14)3-13-7(5)8(10)11/h3,8,14H,2H2,1H3. The number of aromatic nitrogens is 1. The van der Waals surface area contributed by atoms with Gasteiger partial charge in [0.05, 0.1) is 16.4 Å². The first-order valence-electron chi connectivity index (χ1n) is 4.31. The molecule has 0 radical (unpaired) electrons. The molecule has 0 saturated heterocycles. The lowest BCUT2D eigenvalue weighted by molar-refractivity contribution is 0.0511. The molecule has 1 N–H and O–H groups in total. The molecule has 7 heteroatoms. The minimum Gasteiger partial charge on any atom is -0.505 e. The summed E-state index contributed by atoms with van der Waals surface area (Å²) in [6, 6.07) is 0. The Labute approximate surface area is 104 Å². The fraction of sp³-hybridized carbons (Fsp3) is 0.333. The van der Waals surface area contributed by atoms with Gasteiger partial charge in [-0.1, -0.05) is 0 Å². The second kappa shape index (κ2) is 5.37. The Morgan fingerprint density at radius 1 is 1.69 bits per heavy atom. The average molecular weight is 343 g/mol. The van der Waals surface area contributed by atoms with Crippen molar-refractivity contribution in [2.45, 2.75) is 13.3 Å². The number of halogens is 3. The molecule has 1 heterocycles. The smallest absolute Gasteiger partial charge is 0.341 e. The summed E-state index contributed by atoms with van der Waals surface area (Å²) in [6.45, 7) is 1.62. The van der Waals surface area contributed by atoms with Crippen LogP contribution in [0.15, 0.2) is 6.20 Å². The highest BCUT2D eigenvalue weighted by Gasteiger charge is 2.25. The zero-order chi connectivity index (χ0) is 12.3. The van der Waals surface area contributed by atoms with Gasteiger partial charge in [0.25, 0.3) is 6.43 Å². The fourth-order valence-corrected chi connectivity index (χ4v) is 1.69. The molecule has 0 aliphatic rings. The SMILES string of the molecule is CCOC(=O)c1c(C(F)F)ncc(O)c1I. The van der Waals surface area contributed by atoms with E-state index in [0.717, 1.165) is 6.20 Å². The maximum absolute atomic E-state index is 12.6. The molecule has 0 amide bonds. The number of carbonyl (C=O) groups excluding carboxylic acids is 1. The van der Waals surface area contributed by atoms with Crippen molar-refractivity contribution in [3.8, 4) is 5.75 Å². The average Bonchev–Trinajstić information content (AvgIpc) is 2.21. The van der Waals surface area contributed by atoms with Crippen LogP contribution >= 0.6 is 22.6 Å². The lowest BCUT2D eigenvalue weighted by Gasteiger charge is -2.10. The topological polar surface area (TPSA) is 59.4 Å². The van der Waals surface area contributed by atoms with E-state index in [2.05, 4.69) is 9.72 Å². The molecule has 16 heavy (non-hydrogen) atoms. The zero-order valence-corrected chi connectivity index (χ0v) is 10.4. The van der Waals surface area contributed by atoms with Crippen LogP contribution in [0.2, 0.25) is 0 Å². The minimum atomic E-state index is -2.89. The molecule has 0 atom stereocenters. The summed E-state index contributed by atoms with van der Waals surface area (Å²) < 4.78 is 29.8. The van der Waals surface area contributed by atoms with Crippen LogP contribution in [0.4, 0.5) is 8.78 Å². The predicted octanol–water partition coefficient (Wildman–Crippen LogP) is 2.51. The molecule has 88 valence electrons. The predicted molar refractivity (Wildman–Crippen MR) is 59.5 cm³/mol. The van der Waals surface area contributed by atoms with Crippen molar-refractivity contribution < 1.29 is 23.4 Å². The third-order valence-electron chi connectivity index (χ3n) is 1.71. The fourth-order valence-electron chi connectivity index (χ4n) is 1.06. The van der Waals surface area contributed by atoms with Gasteiger partial charge in [-0.25, -0.2) is 13.6 Å². The summed E-state index contributed by atoms with van der Waals surface area (Å²) in [5.41, 5.74) is -1.06. The Morgan fingerprint density at radius 3 is 2.81 bits per heavy atom. The Morgan fingerprint density at radius 2 is 2.31 bits per heavy atom. The van der Waals surface area contributed by atoms with Crippen LogP contribution < -0.4 is 0 Å². The number of pyridine rings is 1. The normalized spacial score (nSPS) is 10.6. The van der Waals surface area contributed by atoms with Gasteiger partial charge in [-0.05, 0) is 29.5 Å². The summed E-state index contributed by atoms with van der Waals surface area (Å²) in [6.07, 6.45) is -2.01. The largest absolute Gasteiger partial charge is 0.505 e. The van der Waals surface area contributed by atoms with Gasteiger partial charge in [-0.15, -0.1) is 0 Å². The maximum atomic E-state index is 12.6. The van der Waals surface area contributed by atoms with E-state index in [0.29, 0.717) is 0 Å². The van der Waals surface area contributed by atoms with Gasteiger partial charge in [-0.2, -0.15) is 0 Å². The van der Waals surface area contributed by atoms with Crippen molar-refractivity contribution in [1.82, 2.24) is 4.98 Å². The number of carbonyl (C=O) groups is 1. The molecule has 0 spiro atoms. The maximum Gasteiger partial charge on any atom is 0.341 e. The molecular formula is C9H8F2INO3. The van der Waals surface area contributed by atoms with Gasteiger partial charge >= 0.3 is 5.97 Å². The number of aromatic hydroxyl groups is 1. The van der Waals surface area contributed by atoms with Crippen molar-refractivity contribution in [1.29, 1.82) is 0 Å². The summed E-state index contributed by atoms with van der Waals surface area (Å²) in [5, 5.41) is 9.30. The molecule has 4 nitrogen and oxygen atoms in total. The van der Waals surface area contributed by atoms with Gasteiger partial charge in [0.2, 0.25) is 0 Å². The van der Waals surface area contributed by atoms with E-state index >= 15 is 0 Å². The van der Waals surface area contributed by atoms with E-state index in [1.807, 2.05) is 0 Å². The van der Waals surface area contributed by atoms with Gasteiger partial charge in [0.15, 0.2) is 0 Å². The lowest BCUT2D eigenvalue weighted by atomic mass is 10.2. The molecule has 0 aliphatic heterocycles. The Hall–Kier alpha value is -0.990. The summed E-state index contributed by atoms with van der Waals surface area (Å²) in [7, 11) is 0. The van der Waals surface area contributed by atoms with E-state index in [-0.39, 0.29) is 21.5 Å². The molecule has 1 aromatic heterocycles. The Balaban J connectivity index is 3.31. The first-order chi connectivity index (χ1) is 7.49. The molecule has 0 saturated carbocycles. The monoisotopic (exact) mass is 343 g/mol. The second-order valence-corrected chi connectivity index (χ2v) is 3.82. The van der Waals surface area contributed by atoms with Crippen LogP contribution in [0.5, 0.6) is 5.75 Å². The highest BCUT2D eigenvalue weighted by Crippen LogP contribution is 2.30. The molecule has 0 bridgehead atoms. The van der Waals surface area contributed by atoms with E-state index in [1.54, 1.807) is 29.5 Å². The molecule has 1 rings (SSSR count). The molecule has 0 unspecified atom stereocenters. The number of rotatable bonds is 3. The minimum absolute atomic E-state index is 0.0151. The summed E-state index contributed by atoms with van der Waals surface area (Å²) >= 11 is 1.59. The highest BCUT2D eigenvalue weighted by molar-refractivity contribution is 14.1. The molecule has 0 aromatic carbocycles. The third-order valence-corrected chi connectivity index (χ3v) is 2.80. The van der Waals surface area contributed by atoms with E-state index in [1.165, 1.54) is 0 Å². The Kier molecular flexibility index (Phi) is 4.39. The number of alkyl halides is 2. The van der Waals surface area contributed by atoms with Crippen molar-refractivity contribution in [3.05, 3.63) is 21.0 Å². The Bertz CT molecular complexity index is 412. The van der Waals surface area contributed by atoms with Crippen LogP contribution in [0.3, 0.4) is 0 Å². The number of esters is 1. The van der Waals surface area contributed by atoms with Crippen molar-refractivity contribution >= 4 is 28.6 Å². The first-order valence-corrected chi connectivity index (χ1v) is 5.39. The zero-order valence-electron chi connectivity index (χ0n) is 8.21. The van der Waals surface area contributed by atoms with Crippen molar-refractivity contribution in [2.24, 2.45) is 0 Å². The third kappa shape index (κ3) is 2.57. The number of nitrogens with zero attached hydrogens (tertiary/aromatic N) is 1. The number of hydrogen-bond donors (Lipinski definition) is 1. The quantitative estimate of drug-likeness (QED) is 0.677. The molecule has 1 aromatic rings. The number of ether oxygens (including phenoxy) is 1.